The second-order valence-electron chi connectivity index (χ2n) is 12.1. The standard InChI is InChI=1S/C32H44FN7O4S2/c1-5-24-27(20(2)38-40(24)19-44-16-17-45-3)23-11-12-26(35-30(23)33)36-32(42)29(28(21-7-8-21)22-9-10-22)37-31(41)25-13-14-34-39(25)15-6-18-46(4)43/h11-14,21-22,28-29H,5-10,15-19H2,1-4H3,(H,37,41)(H,35,36,42)/t29-,46?/m0/s1. The predicted molar refractivity (Wildman–Crippen MR) is 178 cm³/mol. The van der Waals surface area contributed by atoms with E-state index in [0.717, 1.165) is 37.1 Å². The van der Waals surface area contributed by atoms with Crippen molar-refractivity contribution in [2.75, 3.05) is 35.9 Å². The molecule has 11 nitrogen and oxygen atoms in total. The Balaban J connectivity index is 1.33. The van der Waals surface area contributed by atoms with Crippen molar-refractivity contribution in [2.24, 2.45) is 17.8 Å². The van der Waals surface area contributed by atoms with Crippen LogP contribution in [-0.2, 0) is 40.0 Å². The van der Waals surface area contributed by atoms with Gasteiger partial charge in [0.2, 0.25) is 11.9 Å². The Hall–Kier alpha value is -3.10. The Morgan fingerprint density at radius 1 is 1.17 bits per heavy atom. The summed E-state index contributed by atoms with van der Waals surface area (Å²) in [6, 6.07) is 4.03. The van der Waals surface area contributed by atoms with Gasteiger partial charge in [-0.1, -0.05) is 6.92 Å². The summed E-state index contributed by atoms with van der Waals surface area (Å²) in [5.74, 6) is 0.653. The molecule has 46 heavy (non-hydrogen) atoms. The molecule has 1 unspecified atom stereocenters. The molecule has 3 aromatic rings. The summed E-state index contributed by atoms with van der Waals surface area (Å²) in [5.41, 5.74) is 2.84. The summed E-state index contributed by atoms with van der Waals surface area (Å²) >= 11 is 1.70. The SMILES string of the molecule is CCc1c(-c2ccc(NC(=O)[C@@H](NC(=O)c3ccnn3CCCS(C)=O)C(C3CC3)C3CC3)nc2F)c(C)nn1COCCSC. The summed E-state index contributed by atoms with van der Waals surface area (Å²) in [6.45, 7) is 5.15. The zero-order valence-corrected chi connectivity index (χ0v) is 28.6. The number of amides is 2. The van der Waals surface area contributed by atoms with Crippen LogP contribution >= 0.6 is 11.8 Å². The maximum absolute atomic E-state index is 15.6. The Labute approximate surface area is 276 Å². The molecule has 0 radical (unpaired) electrons. The van der Waals surface area contributed by atoms with E-state index in [2.05, 4.69) is 25.8 Å². The van der Waals surface area contributed by atoms with E-state index >= 15 is 4.39 Å². The number of carbonyl (C=O) groups is 2. The van der Waals surface area contributed by atoms with Crippen molar-refractivity contribution in [1.82, 2.24) is 29.9 Å². The van der Waals surface area contributed by atoms with Crippen LogP contribution in [0.3, 0.4) is 0 Å². The fourth-order valence-corrected chi connectivity index (χ4v) is 7.02. The van der Waals surface area contributed by atoms with Crippen molar-refractivity contribution in [2.45, 2.75) is 71.7 Å². The summed E-state index contributed by atoms with van der Waals surface area (Å²) in [7, 11) is -0.938. The van der Waals surface area contributed by atoms with Crippen molar-refractivity contribution in [1.29, 1.82) is 0 Å². The van der Waals surface area contributed by atoms with E-state index in [4.69, 9.17) is 4.74 Å². The van der Waals surface area contributed by atoms with Crippen molar-refractivity contribution in [3.05, 3.63) is 47.4 Å². The van der Waals surface area contributed by atoms with Crippen LogP contribution in [0.2, 0.25) is 0 Å². The van der Waals surface area contributed by atoms with Gasteiger partial charge in [0.15, 0.2) is 0 Å². The molecule has 2 fully saturated rings. The topological polar surface area (TPSA) is 133 Å². The van der Waals surface area contributed by atoms with E-state index in [-0.39, 0.29) is 18.5 Å². The fourth-order valence-electron chi connectivity index (χ4n) is 6.20. The van der Waals surface area contributed by atoms with Crippen LogP contribution in [0.25, 0.3) is 11.1 Å². The van der Waals surface area contributed by atoms with Gasteiger partial charge >= 0.3 is 0 Å². The first kappa shape index (κ1) is 34.2. The van der Waals surface area contributed by atoms with E-state index in [0.29, 0.717) is 66.1 Å². The Morgan fingerprint density at radius 3 is 2.54 bits per heavy atom. The summed E-state index contributed by atoms with van der Waals surface area (Å²) in [4.78, 5) is 31.5. The lowest BCUT2D eigenvalue weighted by Crippen LogP contribution is -2.50. The van der Waals surface area contributed by atoms with Gasteiger partial charge < -0.3 is 15.4 Å². The number of nitrogens with one attached hydrogen (secondary N) is 2. The first-order chi connectivity index (χ1) is 22.2. The molecule has 3 heterocycles. The highest BCUT2D eigenvalue weighted by Crippen LogP contribution is 2.51. The van der Waals surface area contributed by atoms with E-state index in [9.17, 15) is 13.8 Å². The smallest absolute Gasteiger partial charge is 0.270 e. The van der Waals surface area contributed by atoms with Crippen molar-refractivity contribution in [3.8, 4) is 11.1 Å². The van der Waals surface area contributed by atoms with Crippen LogP contribution in [0.4, 0.5) is 10.2 Å². The maximum Gasteiger partial charge on any atom is 0.270 e. The molecule has 2 atom stereocenters. The first-order valence-corrected chi connectivity index (χ1v) is 19.1. The molecule has 2 saturated carbocycles. The number of halogens is 1. The maximum atomic E-state index is 15.6. The lowest BCUT2D eigenvalue weighted by molar-refractivity contribution is -0.119. The largest absolute Gasteiger partial charge is 0.358 e. The average Bonchev–Trinajstić information content (AvgIpc) is 3.96. The highest BCUT2D eigenvalue weighted by Gasteiger charge is 2.48. The number of aromatic nitrogens is 5. The highest BCUT2D eigenvalue weighted by molar-refractivity contribution is 7.98. The van der Waals surface area contributed by atoms with Gasteiger partial charge in [-0.2, -0.15) is 26.3 Å². The van der Waals surface area contributed by atoms with Gasteiger partial charge in [0.05, 0.1) is 12.3 Å². The van der Waals surface area contributed by atoms with Crippen LogP contribution in [0.15, 0.2) is 24.4 Å². The quantitative estimate of drug-likeness (QED) is 0.150. The number of thioether (sulfide) groups is 1. The van der Waals surface area contributed by atoms with Gasteiger partial charge in [-0.05, 0) is 87.7 Å². The lowest BCUT2D eigenvalue weighted by Gasteiger charge is -2.27. The molecule has 0 bridgehead atoms. The first-order valence-electron chi connectivity index (χ1n) is 15.9. The van der Waals surface area contributed by atoms with E-state index in [1.807, 2.05) is 20.1 Å². The van der Waals surface area contributed by atoms with E-state index in [1.54, 1.807) is 51.8 Å². The molecule has 3 aromatic heterocycles. The third-order valence-corrected chi connectivity index (χ3v) is 10.1. The third kappa shape index (κ3) is 8.43. The molecule has 5 rings (SSSR count). The summed E-state index contributed by atoms with van der Waals surface area (Å²) < 4.78 is 36.2. The minimum atomic E-state index is -0.938. The van der Waals surface area contributed by atoms with Crippen LogP contribution in [0.1, 0.15) is 60.9 Å². The Kier molecular flexibility index (Phi) is 11.7. The average molecular weight is 674 g/mol. The molecule has 0 aliphatic heterocycles. The van der Waals surface area contributed by atoms with Crippen LogP contribution < -0.4 is 10.6 Å². The number of anilines is 1. The molecular formula is C32H44FN7O4S2. The van der Waals surface area contributed by atoms with E-state index < -0.39 is 34.6 Å². The number of ether oxygens (including phenoxy) is 1. The molecule has 2 aliphatic rings. The number of rotatable bonds is 18. The number of hydrogen-bond acceptors (Lipinski definition) is 8. The van der Waals surface area contributed by atoms with Gasteiger partial charge in [0.25, 0.3) is 5.91 Å². The van der Waals surface area contributed by atoms with E-state index in [1.165, 1.54) is 0 Å². The monoisotopic (exact) mass is 673 g/mol. The van der Waals surface area contributed by atoms with Gasteiger partial charge in [-0.15, -0.1) is 0 Å². The third-order valence-electron chi connectivity index (χ3n) is 8.62. The van der Waals surface area contributed by atoms with Crippen LogP contribution in [0, 0.1) is 30.6 Å². The van der Waals surface area contributed by atoms with Gasteiger partial charge in [-0.25, -0.2) is 9.67 Å². The normalized spacial score (nSPS) is 16.0. The summed E-state index contributed by atoms with van der Waals surface area (Å²) in [5, 5.41) is 14.7. The summed E-state index contributed by atoms with van der Waals surface area (Å²) in [6.07, 6.45) is 10.5. The second kappa shape index (κ2) is 15.7. The molecule has 0 spiro atoms. The molecule has 2 aliphatic carbocycles. The molecular weight excluding hydrogens is 630 g/mol. The number of carbonyl (C=O) groups excluding carboxylic acids is 2. The van der Waals surface area contributed by atoms with Gasteiger partial charge in [-0.3, -0.25) is 18.5 Å². The molecule has 14 heteroatoms. The van der Waals surface area contributed by atoms with Crippen LogP contribution in [-0.4, -0.2) is 77.2 Å². The number of hydrogen-bond donors (Lipinski definition) is 2. The predicted octanol–water partition coefficient (Wildman–Crippen LogP) is 4.43. The molecule has 250 valence electrons. The minimum absolute atomic E-state index is 0.00862. The molecule has 2 amide bonds. The Morgan fingerprint density at radius 2 is 1.91 bits per heavy atom. The zero-order valence-electron chi connectivity index (χ0n) is 27.0. The number of nitrogens with zero attached hydrogens (tertiary/aromatic N) is 5. The molecule has 0 saturated heterocycles. The zero-order chi connectivity index (χ0) is 32.8. The Bertz CT molecular complexity index is 1540. The van der Waals surface area contributed by atoms with Gasteiger partial charge in [0, 0.05) is 58.1 Å². The van der Waals surface area contributed by atoms with Crippen molar-refractivity contribution < 1.29 is 22.9 Å². The van der Waals surface area contributed by atoms with Crippen molar-refractivity contribution >= 4 is 40.2 Å². The molecule has 2 N–H and O–H groups in total. The minimum Gasteiger partial charge on any atom is -0.358 e. The fraction of sp³-hybridized carbons (Fsp3) is 0.594. The highest BCUT2D eigenvalue weighted by atomic mass is 32.2. The number of aryl methyl sites for hydroxylation is 2. The second-order valence-corrected chi connectivity index (χ2v) is 14.6. The van der Waals surface area contributed by atoms with Crippen molar-refractivity contribution in [3.63, 3.8) is 0 Å². The van der Waals surface area contributed by atoms with Crippen LogP contribution in [0.5, 0.6) is 0 Å². The molecule has 0 aromatic carbocycles. The van der Waals surface area contributed by atoms with Gasteiger partial charge in [0.1, 0.15) is 24.3 Å². The lowest BCUT2D eigenvalue weighted by atomic mass is 9.88. The number of pyridine rings is 1.